The maximum absolute atomic E-state index is 11.7. The molecule has 0 aromatic heterocycles. The Morgan fingerprint density at radius 2 is 2.00 bits per heavy atom. The van der Waals surface area contributed by atoms with Crippen LogP contribution in [0.5, 0.6) is 0 Å². The summed E-state index contributed by atoms with van der Waals surface area (Å²) in [6.45, 7) is -0.393. The van der Waals surface area contributed by atoms with E-state index < -0.39 is 24.6 Å². The van der Waals surface area contributed by atoms with Gasteiger partial charge in [-0.3, -0.25) is 4.79 Å². The standard InChI is InChI=1S/C11H14O4/c1-15-9(7-12)11(14)10(13)8-5-3-2-4-6-8/h2-6,9,11-12,14H,7H2,1H3. The van der Waals surface area contributed by atoms with Gasteiger partial charge in [-0.1, -0.05) is 30.3 Å². The number of ketones is 1. The third-order valence-electron chi connectivity index (χ3n) is 2.16. The van der Waals surface area contributed by atoms with Crippen LogP contribution in [0.15, 0.2) is 30.3 Å². The highest BCUT2D eigenvalue weighted by Gasteiger charge is 2.26. The molecule has 82 valence electrons. The number of rotatable bonds is 5. The highest BCUT2D eigenvalue weighted by Crippen LogP contribution is 2.08. The molecule has 0 fully saturated rings. The maximum Gasteiger partial charge on any atom is 0.194 e. The molecule has 0 bridgehead atoms. The van der Waals surface area contributed by atoms with E-state index in [1.165, 1.54) is 7.11 Å². The van der Waals surface area contributed by atoms with Gasteiger partial charge in [0.15, 0.2) is 5.78 Å². The normalized spacial score (nSPS) is 14.6. The Balaban J connectivity index is 2.77. The second kappa shape index (κ2) is 5.60. The predicted octanol–water partition coefficient (Wildman–Crippen LogP) is 0.237. The fraction of sp³-hybridized carbons (Fsp3) is 0.364. The minimum atomic E-state index is -1.33. The smallest absolute Gasteiger partial charge is 0.194 e. The van der Waals surface area contributed by atoms with Gasteiger partial charge in [0.05, 0.1) is 6.61 Å². The van der Waals surface area contributed by atoms with Crippen LogP contribution in [0.2, 0.25) is 0 Å². The molecular weight excluding hydrogens is 196 g/mol. The molecule has 2 N–H and O–H groups in total. The molecule has 4 heteroatoms. The Morgan fingerprint density at radius 1 is 1.40 bits per heavy atom. The first-order valence-electron chi connectivity index (χ1n) is 4.61. The predicted molar refractivity (Wildman–Crippen MR) is 54.7 cm³/mol. The number of Topliss-reactive ketones (excluding diaryl/α,β-unsaturated/α-hetero) is 1. The average molecular weight is 210 g/mol. The van der Waals surface area contributed by atoms with Gasteiger partial charge in [0.1, 0.15) is 12.2 Å². The van der Waals surface area contributed by atoms with Gasteiger partial charge in [-0.2, -0.15) is 0 Å². The molecule has 0 saturated carbocycles. The first kappa shape index (κ1) is 11.8. The summed E-state index contributed by atoms with van der Waals surface area (Å²) in [6, 6.07) is 8.41. The zero-order valence-corrected chi connectivity index (χ0v) is 8.46. The number of hydrogen-bond donors (Lipinski definition) is 2. The molecule has 15 heavy (non-hydrogen) atoms. The number of carbonyl (C=O) groups excluding carboxylic acids is 1. The average Bonchev–Trinajstić information content (AvgIpc) is 2.30. The number of ether oxygens (including phenoxy) is 1. The van der Waals surface area contributed by atoms with Gasteiger partial charge in [-0.05, 0) is 0 Å². The summed E-state index contributed by atoms with van der Waals surface area (Å²) < 4.78 is 4.78. The van der Waals surface area contributed by atoms with E-state index in [2.05, 4.69) is 0 Å². The highest BCUT2D eigenvalue weighted by atomic mass is 16.5. The summed E-state index contributed by atoms with van der Waals surface area (Å²) in [4.78, 5) is 11.7. The molecule has 0 amide bonds. The SMILES string of the molecule is COC(CO)C(O)C(=O)c1ccccc1. The van der Waals surface area contributed by atoms with Crippen molar-refractivity contribution in [2.24, 2.45) is 0 Å². The Bertz CT molecular complexity index is 306. The van der Waals surface area contributed by atoms with Crippen LogP contribution in [0, 0.1) is 0 Å². The number of hydrogen-bond acceptors (Lipinski definition) is 4. The molecule has 4 nitrogen and oxygen atoms in total. The molecule has 1 aromatic rings. The third-order valence-corrected chi connectivity index (χ3v) is 2.16. The van der Waals surface area contributed by atoms with E-state index in [1.54, 1.807) is 30.3 Å². The second-order valence-corrected chi connectivity index (χ2v) is 3.13. The van der Waals surface area contributed by atoms with Crippen molar-refractivity contribution in [3.8, 4) is 0 Å². The van der Waals surface area contributed by atoms with E-state index in [4.69, 9.17) is 9.84 Å². The minimum absolute atomic E-state index is 0.393. The Hall–Kier alpha value is -1.23. The summed E-state index contributed by atoms with van der Waals surface area (Å²) in [7, 11) is 1.34. The molecular formula is C11H14O4. The number of aliphatic hydroxyl groups excluding tert-OH is 2. The van der Waals surface area contributed by atoms with Crippen molar-refractivity contribution in [1.29, 1.82) is 0 Å². The van der Waals surface area contributed by atoms with E-state index in [0.29, 0.717) is 5.56 Å². The van der Waals surface area contributed by atoms with Crippen LogP contribution in [0.1, 0.15) is 10.4 Å². The van der Waals surface area contributed by atoms with E-state index in [0.717, 1.165) is 0 Å². The molecule has 0 aliphatic rings. The number of aliphatic hydroxyl groups is 2. The molecule has 2 atom stereocenters. The fourth-order valence-electron chi connectivity index (χ4n) is 1.25. The first-order chi connectivity index (χ1) is 7.20. The third kappa shape index (κ3) is 2.86. The van der Waals surface area contributed by atoms with Gasteiger partial charge in [-0.25, -0.2) is 0 Å². The van der Waals surface area contributed by atoms with Crippen LogP contribution in [0.4, 0.5) is 0 Å². The molecule has 0 aliphatic heterocycles. The van der Waals surface area contributed by atoms with Crippen LogP contribution in [0.25, 0.3) is 0 Å². The monoisotopic (exact) mass is 210 g/mol. The molecule has 1 aromatic carbocycles. The lowest BCUT2D eigenvalue weighted by atomic mass is 10.0. The minimum Gasteiger partial charge on any atom is -0.394 e. The van der Waals surface area contributed by atoms with Crippen molar-refractivity contribution in [3.63, 3.8) is 0 Å². The number of benzene rings is 1. The summed E-state index contributed by atoms with van der Waals surface area (Å²) in [5, 5.41) is 18.5. The molecule has 0 spiro atoms. The highest BCUT2D eigenvalue weighted by molar-refractivity contribution is 5.99. The van der Waals surface area contributed by atoms with Gasteiger partial charge in [0, 0.05) is 12.7 Å². The quantitative estimate of drug-likeness (QED) is 0.683. The lowest BCUT2D eigenvalue weighted by molar-refractivity contribution is -0.0294. The second-order valence-electron chi connectivity index (χ2n) is 3.13. The first-order valence-corrected chi connectivity index (χ1v) is 4.61. The van der Waals surface area contributed by atoms with E-state index in [9.17, 15) is 9.90 Å². The van der Waals surface area contributed by atoms with Gasteiger partial charge in [0.2, 0.25) is 0 Å². The molecule has 2 unspecified atom stereocenters. The summed E-state index contributed by atoms with van der Waals surface area (Å²) in [5.41, 5.74) is 0.403. The van der Waals surface area contributed by atoms with Crippen molar-refractivity contribution in [3.05, 3.63) is 35.9 Å². The Kier molecular flexibility index (Phi) is 4.42. The van der Waals surface area contributed by atoms with Crippen molar-refractivity contribution >= 4 is 5.78 Å². The number of carbonyl (C=O) groups is 1. The van der Waals surface area contributed by atoms with Crippen LogP contribution >= 0.6 is 0 Å². The van der Waals surface area contributed by atoms with Crippen LogP contribution in [-0.4, -0.2) is 41.9 Å². The van der Waals surface area contributed by atoms with Crippen molar-refractivity contribution in [2.45, 2.75) is 12.2 Å². The van der Waals surface area contributed by atoms with Crippen molar-refractivity contribution < 1.29 is 19.7 Å². The van der Waals surface area contributed by atoms with Crippen LogP contribution in [0.3, 0.4) is 0 Å². The Morgan fingerprint density at radius 3 is 2.47 bits per heavy atom. The van der Waals surface area contributed by atoms with Gasteiger partial charge >= 0.3 is 0 Å². The lowest BCUT2D eigenvalue weighted by Gasteiger charge is -2.18. The molecule has 0 heterocycles. The molecule has 0 aliphatic carbocycles. The molecule has 0 radical (unpaired) electrons. The van der Waals surface area contributed by atoms with E-state index in [1.807, 2.05) is 0 Å². The van der Waals surface area contributed by atoms with Crippen molar-refractivity contribution in [1.82, 2.24) is 0 Å². The van der Waals surface area contributed by atoms with Gasteiger partial charge in [-0.15, -0.1) is 0 Å². The van der Waals surface area contributed by atoms with Crippen LogP contribution < -0.4 is 0 Å². The molecule has 0 saturated heterocycles. The summed E-state index contributed by atoms with van der Waals surface area (Å²) in [5.74, 6) is -0.448. The summed E-state index contributed by atoms with van der Waals surface area (Å²) in [6.07, 6.45) is -2.21. The topological polar surface area (TPSA) is 66.8 Å². The van der Waals surface area contributed by atoms with E-state index >= 15 is 0 Å². The van der Waals surface area contributed by atoms with E-state index in [-0.39, 0.29) is 0 Å². The molecule has 1 rings (SSSR count). The maximum atomic E-state index is 11.7. The largest absolute Gasteiger partial charge is 0.394 e. The fourth-order valence-corrected chi connectivity index (χ4v) is 1.25. The van der Waals surface area contributed by atoms with Gasteiger partial charge < -0.3 is 14.9 Å². The van der Waals surface area contributed by atoms with Gasteiger partial charge in [0.25, 0.3) is 0 Å². The zero-order valence-electron chi connectivity index (χ0n) is 8.46. The zero-order chi connectivity index (χ0) is 11.3. The summed E-state index contributed by atoms with van der Waals surface area (Å²) >= 11 is 0. The Labute approximate surface area is 88.1 Å². The van der Waals surface area contributed by atoms with Crippen molar-refractivity contribution in [2.75, 3.05) is 13.7 Å². The van der Waals surface area contributed by atoms with Crippen LogP contribution in [-0.2, 0) is 4.74 Å². The lowest BCUT2D eigenvalue weighted by Crippen LogP contribution is -2.37. The number of methoxy groups -OCH3 is 1.